The van der Waals surface area contributed by atoms with E-state index in [0.717, 1.165) is 29.1 Å². The van der Waals surface area contributed by atoms with E-state index in [2.05, 4.69) is 18.0 Å². The molecular formula is C12H16N2OS. The van der Waals surface area contributed by atoms with E-state index in [4.69, 9.17) is 10.5 Å². The first kappa shape index (κ1) is 11.4. The molecule has 0 saturated carbocycles. The lowest BCUT2D eigenvalue weighted by atomic mass is 10.2. The number of thiazole rings is 1. The average Bonchev–Trinajstić information content (AvgIpc) is 2.72. The van der Waals surface area contributed by atoms with Crippen LogP contribution < -0.4 is 10.5 Å². The quantitative estimate of drug-likeness (QED) is 0.887. The zero-order valence-corrected chi connectivity index (χ0v) is 10.4. The Bertz CT molecular complexity index is 493. The van der Waals surface area contributed by atoms with Crippen molar-refractivity contribution >= 4 is 21.6 Å². The molecule has 1 aromatic carbocycles. The average molecular weight is 236 g/mol. The van der Waals surface area contributed by atoms with Gasteiger partial charge in [-0.25, -0.2) is 4.98 Å². The predicted octanol–water partition coefficient (Wildman–Crippen LogP) is 2.50. The van der Waals surface area contributed by atoms with E-state index in [1.165, 1.54) is 10.3 Å². The summed E-state index contributed by atoms with van der Waals surface area (Å²) in [5.74, 6) is 0.857. The van der Waals surface area contributed by atoms with Crippen molar-refractivity contribution in [2.45, 2.75) is 19.8 Å². The van der Waals surface area contributed by atoms with E-state index in [1.807, 2.05) is 6.07 Å². The number of fused-ring (bicyclic) bond motifs is 1. The molecule has 0 saturated heterocycles. The number of rotatable bonds is 4. The summed E-state index contributed by atoms with van der Waals surface area (Å²) in [5, 5.41) is 1.15. The van der Waals surface area contributed by atoms with Crippen LogP contribution in [-0.4, -0.2) is 18.6 Å². The van der Waals surface area contributed by atoms with Crippen LogP contribution >= 0.6 is 11.3 Å². The molecular weight excluding hydrogens is 220 g/mol. The van der Waals surface area contributed by atoms with Crippen LogP contribution in [0.2, 0.25) is 0 Å². The van der Waals surface area contributed by atoms with Crippen LogP contribution in [0.4, 0.5) is 0 Å². The first-order valence-corrected chi connectivity index (χ1v) is 6.21. The van der Waals surface area contributed by atoms with Crippen molar-refractivity contribution in [3.63, 3.8) is 0 Å². The fraction of sp³-hybridized carbons (Fsp3) is 0.417. The summed E-state index contributed by atoms with van der Waals surface area (Å²) in [6.45, 7) is 2.82. The highest BCUT2D eigenvalue weighted by molar-refractivity contribution is 7.18. The van der Waals surface area contributed by atoms with E-state index < -0.39 is 0 Å². The van der Waals surface area contributed by atoms with Crippen molar-refractivity contribution < 1.29 is 4.74 Å². The predicted molar refractivity (Wildman–Crippen MR) is 68.3 cm³/mol. The van der Waals surface area contributed by atoms with Gasteiger partial charge in [0, 0.05) is 6.42 Å². The number of nitrogens with two attached hydrogens (primary N) is 1. The second-order valence-electron chi connectivity index (χ2n) is 3.76. The van der Waals surface area contributed by atoms with Crippen molar-refractivity contribution in [2.24, 2.45) is 5.73 Å². The third kappa shape index (κ3) is 2.03. The summed E-state index contributed by atoms with van der Waals surface area (Å²) in [6, 6.07) is 4.05. The van der Waals surface area contributed by atoms with Gasteiger partial charge in [0.05, 0.1) is 16.8 Å². The Labute approximate surface area is 99.3 Å². The fourth-order valence-electron chi connectivity index (χ4n) is 1.68. The summed E-state index contributed by atoms with van der Waals surface area (Å²) >= 11 is 1.75. The van der Waals surface area contributed by atoms with Gasteiger partial charge in [0.2, 0.25) is 0 Å². The maximum absolute atomic E-state index is 5.51. The van der Waals surface area contributed by atoms with Crippen molar-refractivity contribution in [1.82, 2.24) is 4.98 Å². The van der Waals surface area contributed by atoms with E-state index in [0.29, 0.717) is 6.54 Å². The van der Waals surface area contributed by atoms with Gasteiger partial charge in [0.25, 0.3) is 0 Å². The minimum Gasteiger partial charge on any atom is -0.494 e. The van der Waals surface area contributed by atoms with Gasteiger partial charge in [-0.05, 0) is 31.5 Å². The lowest BCUT2D eigenvalue weighted by molar-refractivity contribution is 0.419. The molecule has 1 aromatic heterocycles. The maximum Gasteiger partial charge on any atom is 0.145 e. The van der Waals surface area contributed by atoms with Crippen LogP contribution in [0.5, 0.6) is 5.75 Å². The topological polar surface area (TPSA) is 48.1 Å². The van der Waals surface area contributed by atoms with E-state index in [-0.39, 0.29) is 0 Å². The monoisotopic (exact) mass is 236 g/mol. The largest absolute Gasteiger partial charge is 0.494 e. The number of methoxy groups -OCH3 is 1. The lowest BCUT2D eigenvalue weighted by Crippen LogP contribution is -1.99. The van der Waals surface area contributed by atoms with Crippen molar-refractivity contribution in [3.8, 4) is 5.75 Å². The molecule has 16 heavy (non-hydrogen) atoms. The Morgan fingerprint density at radius 3 is 2.94 bits per heavy atom. The van der Waals surface area contributed by atoms with Crippen LogP contribution in [0, 0.1) is 6.92 Å². The SMILES string of the molecule is COc1ccc(C)c2sc(CCCN)nc12. The number of hydrogen-bond donors (Lipinski definition) is 1. The standard InChI is InChI=1S/C12H16N2OS/c1-8-5-6-9(15-2)11-12(8)16-10(14-11)4-3-7-13/h5-6H,3-4,7,13H2,1-2H3. The summed E-state index contributed by atoms with van der Waals surface area (Å²) < 4.78 is 6.55. The number of aryl methyl sites for hydroxylation is 2. The van der Waals surface area contributed by atoms with Crippen LogP contribution in [0.25, 0.3) is 10.2 Å². The van der Waals surface area contributed by atoms with Gasteiger partial charge in [-0.15, -0.1) is 11.3 Å². The molecule has 3 nitrogen and oxygen atoms in total. The molecule has 0 fully saturated rings. The molecule has 0 unspecified atom stereocenters. The minimum absolute atomic E-state index is 0.714. The van der Waals surface area contributed by atoms with Crippen LogP contribution in [0.3, 0.4) is 0 Å². The van der Waals surface area contributed by atoms with Gasteiger partial charge in [-0.2, -0.15) is 0 Å². The van der Waals surface area contributed by atoms with Gasteiger partial charge in [0.1, 0.15) is 11.3 Å². The van der Waals surface area contributed by atoms with Gasteiger partial charge < -0.3 is 10.5 Å². The van der Waals surface area contributed by atoms with Gasteiger partial charge in [-0.3, -0.25) is 0 Å². The smallest absolute Gasteiger partial charge is 0.145 e. The molecule has 0 aliphatic carbocycles. The molecule has 4 heteroatoms. The summed E-state index contributed by atoms with van der Waals surface area (Å²) in [6.07, 6.45) is 1.94. The lowest BCUT2D eigenvalue weighted by Gasteiger charge is -2.01. The van der Waals surface area contributed by atoms with Crippen molar-refractivity contribution in [2.75, 3.05) is 13.7 Å². The zero-order chi connectivity index (χ0) is 11.5. The molecule has 0 atom stereocenters. The molecule has 86 valence electrons. The molecule has 2 N–H and O–H groups in total. The molecule has 0 aliphatic heterocycles. The first-order valence-electron chi connectivity index (χ1n) is 5.39. The highest BCUT2D eigenvalue weighted by atomic mass is 32.1. The molecule has 0 aliphatic rings. The molecule has 0 amide bonds. The highest BCUT2D eigenvalue weighted by Crippen LogP contribution is 2.32. The maximum atomic E-state index is 5.51. The number of hydrogen-bond acceptors (Lipinski definition) is 4. The van der Waals surface area contributed by atoms with Gasteiger partial charge >= 0.3 is 0 Å². The number of benzene rings is 1. The normalized spacial score (nSPS) is 10.9. The molecule has 2 aromatic rings. The van der Waals surface area contributed by atoms with Crippen molar-refractivity contribution in [1.29, 1.82) is 0 Å². The third-order valence-corrected chi connectivity index (χ3v) is 3.81. The number of nitrogens with zero attached hydrogens (tertiary/aromatic N) is 1. The Kier molecular flexibility index (Phi) is 3.41. The fourth-order valence-corrected chi connectivity index (χ4v) is 2.77. The van der Waals surface area contributed by atoms with E-state index >= 15 is 0 Å². The minimum atomic E-state index is 0.714. The summed E-state index contributed by atoms with van der Waals surface area (Å²) in [7, 11) is 1.68. The number of aromatic nitrogens is 1. The molecule has 0 bridgehead atoms. The van der Waals surface area contributed by atoms with E-state index in [1.54, 1.807) is 18.4 Å². The number of ether oxygens (including phenoxy) is 1. The highest BCUT2D eigenvalue weighted by Gasteiger charge is 2.10. The van der Waals surface area contributed by atoms with Gasteiger partial charge in [0.15, 0.2) is 0 Å². The Balaban J connectivity index is 2.46. The van der Waals surface area contributed by atoms with Gasteiger partial charge in [-0.1, -0.05) is 6.07 Å². The van der Waals surface area contributed by atoms with Crippen LogP contribution in [0.1, 0.15) is 17.0 Å². The van der Waals surface area contributed by atoms with Crippen LogP contribution in [-0.2, 0) is 6.42 Å². The Morgan fingerprint density at radius 2 is 2.25 bits per heavy atom. The first-order chi connectivity index (χ1) is 7.76. The summed E-state index contributed by atoms with van der Waals surface area (Å²) in [4.78, 5) is 4.62. The zero-order valence-electron chi connectivity index (χ0n) is 9.62. The van der Waals surface area contributed by atoms with E-state index in [9.17, 15) is 0 Å². The second kappa shape index (κ2) is 4.80. The van der Waals surface area contributed by atoms with Crippen LogP contribution in [0.15, 0.2) is 12.1 Å². The Hall–Kier alpha value is -1.13. The molecule has 0 spiro atoms. The Morgan fingerprint density at radius 1 is 1.44 bits per heavy atom. The van der Waals surface area contributed by atoms with Crippen molar-refractivity contribution in [3.05, 3.63) is 22.7 Å². The second-order valence-corrected chi connectivity index (χ2v) is 4.85. The third-order valence-electron chi connectivity index (χ3n) is 2.56. The molecule has 0 radical (unpaired) electrons. The molecule has 2 rings (SSSR count). The summed E-state index contributed by atoms with van der Waals surface area (Å²) in [5.41, 5.74) is 7.75. The molecule has 1 heterocycles.